The molecule has 0 atom stereocenters. The number of sulfonamides is 2. The highest BCUT2D eigenvalue weighted by Crippen LogP contribution is 2.23. The Morgan fingerprint density at radius 3 is 2.06 bits per heavy atom. The second-order valence-electron chi connectivity index (χ2n) is 7.61. The van der Waals surface area contributed by atoms with Gasteiger partial charge in [-0.15, -0.1) is 0 Å². The van der Waals surface area contributed by atoms with Gasteiger partial charge in [0.05, 0.1) is 0 Å². The maximum Gasteiger partial charge on any atom is 0.244 e. The van der Waals surface area contributed by atoms with E-state index >= 15 is 0 Å². The van der Waals surface area contributed by atoms with Crippen molar-refractivity contribution in [3.8, 4) is 0 Å². The Bertz CT molecular complexity index is 1120. The summed E-state index contributed by atoms with van der Waals surface area (Å²) in [7, 11) is -6.99. The molecule has 1 aromatic heterocycles. The van der Waals surface area contributed by atoms with Crippen LogP contribution in [0.15, 0.2) is 59.0 Å². The normalized spacial score (nSPS) is 19.3. The van der Waals surface area contributed by atoms with E-state index in [0.29, 0.717) is 45.1 Å². The Hall–Kier alpha value is -2.27. The van der Waals surface area contributed by atoms with Gasteiger partial charge in [0.25, 0.3) is 0 Å². The van der Waals surface area contributed by atoms with Crippen LogP contribution in [0.25, 0.3) is 6.08 Å². The van der Waals surface area contributed by atoms with E-state index in [-0.39, 0.29) is 4.90 Å². The van der Waals surface area contributed by atoms with Gasteiger partial charge in [0.1, 0.15) is 10.7 Å². The van der Waals surface area contributed by atoms with E-state index in [1.807, 2.05) is 35.2 Å². The first kappa shape index (κ1) is 21.9. The van der Waals surface area contributed by atoms with Crippen LogP contribution in [0, 0.1) is 0 Å². The first-order chi connectivity index (χ1) is 14.9. The summed E-state index contributed by atoms with van der Waals surface area (Å²) in [6.07, 6.45) is 4.77. The smallest absolute Gasteiger partial charge is 0.244 e. The minimum Gasteiger partial charge on any atom is -0.354 e. The van der Waals surface area contributed by atoms with Crippen molar-refractivity contribution in [1.82, 2.24) is 13.6 Å². The number of hydrogen-bond donors (Lipinski definition) is 0. The summed E-state index contributed by atoms with van der Waals surface area (Å²) in [4.78, 5) is 6.51. The van der Waals surface area contributed by atoms with E-state index in [1.165, 1.54) is 20.2 Å². The topological polar surface area (TPSA) is 90.9 Å². The fraction of sp³-hybridized carbons (Fsp3) is 0.381. The largest absolute Gasteiger partial charge is 0.354 e. The molecule has 0 amide bonds. The minimum atomic E-state index is -3.50. The number of anilines is 1. The average Bonchev–Trinajstić information content (AvgIpc) is 3.35. The number of aromatic nitrogens is 1. The van der Waals surface area contributed by atoms with Crippen molar-refractivity contribution >= 4 is 31.9 Å². The van der Waals surface area contributed by atoms with E-state index < -0.39 is 20.0 Å². The fourth-order valence-corrected chi connectivity index (χ4v) is 6.41. The average molecular weight is 463 g/mol. The number of pyridine rings is 1. The molecular formula is C21H26N4O4S2. The lowest BCUT2D eigenvalue weighted by Gasteiger charge is -2.34. The molecule has 166 valence electrons. The number of hydrogen-bond acceptors (Lipinski definition) is 6. The lowest BCUT2D eigenvalue weighted by Crippen LogP contribution is -2.48. The summed E-state index contributed by atoms with van der Waals surface area (Å²) >= 11 is 0. The summed E-state index contributed by atoms with van der Waals surface area (Å²) in [5.41, 5.74) is 0.831. The number of benzene rings is 1. The molecule has 2 fully saturated rings. The van der Waals surface area contributed by atoms with E-state index in [1.54, 1.807) is 18.2 Å². The van der Waals surface area contributed by atoms with Crippen molar-refractivity contribution in [3.63, 3.8) is 0 Å². The number of rotatable bonds is 6. The molecule has 8 nitrogen and oxygen atoms in total. The van der Waals surface area contributed by atoms with Gasteiger partial charge < -0.3 is 4.90 Å². The van der Waals surface area contributed by atoms with Gasteiger partial charge in [0.2, 0.25) is 20.0 Å². The Labute approximate surface area is 183 Å². The highest BCUT2D eigenvalue weighted by molar-refractivity contribution is 7.92. The van der Waals surface area contributed by atoms with Crippen LogP contribution < -0.4 is 4.90 Å². The Balaban J connectivity index is 1.38. The maximum absolute atomic E-state index is 12.6. The second kappa shape index (κ2) is 9.07. The highest BCUT2D eigenvalue weighted by atomic mass is 32.2. The summed E-state index contributed by atoms with van der Waals surface area (Å²) in [5.74, 6) is 0.650. The van der Waals surface area contributed by atoms with Crippen molar-refractivity contribution in [2.75, 3.05) is 44.2 Å². The molecule has 2 aliphatic rings. The zero-order chi connectivity index (χ0) is 21.9. The maximum atomic E-state index is 12.6. The molecule has 0 unspecified atom stereocenters. The van der Waals surface area contributed by atoms with E-state index in [9.17, 15) is 16.8 Å². The van der Waals surface area contributed by atoms with Crippen LogP contribution in [-0.4, -0.2) is 69.7 Å². The second-order valence-corrected chi connectivity index (χ2v) is 11.4. The molecule has 10 heteroatoms. The summed E-state index contributed by atoms with van der Waals surface area (Å²) in [5, 5.41) is 1.24. The lowest BCUT2D eigenvalue weighted by atomic mass is 10.2. The molecule has 2 saturated heterocycles. The van der Waals surface area contributed by atoms with E-state index in [4.69, 9.17) is 0 Å². The van der Waals surface area contributed by atoms with Crippen LogP contribution in [-0.2, 0) is 20.0 Å². The third-order valence-corrected chi connectivity index (χ3v) is 9.03. The predicted molar refractivity (Wildman–Crippen MR) is 120 cm³/mol. The minimum absolute atomic E-state index is 0.199. The molecule has 31 heavy (non-hydrogen) atoms. The number of nitrogens with zero attached hydrogens (tertiary/aromatic N) is 4. The quantitative estimate of drug-likeness (QED) is 0.652. The van der Waals surface area contributed by atoms with Crippen LogP contribution in [0.1, 0.15) is 18.4 Å². The van der Waals surface area contributed by atoms with Gasteiger partial charge in [-0.2, -0.15) is 8.61 Å². The zero-order valence-electron chi connectivity index (χ0n) is 17.2. The predicted octanol–water partition coefficient (Wildman–Crippen LogP) is 1.99. The molecule has 0 saturated carbocycles. The van der Waals surface area contributed by atoms with Gasteiger partial charge in [0.15, 0.2) is 0 Å². The molecule has 3 heterocycles. The fourth-order valence-electron chi connectivity index (χ4n) is 3.78. The van der Waals surface area contributed by atoms with Gasteiger partial charge >= 0.3 is 0 Å². The van der Waals surface area contributed by atoms with Crippen molar-refractivity contribution in [2.45, 2.75) is 17.7 Å². The summed E-state index contributed by atoms with van der Waals surface area (Å²) in [6, 6.07) is 12.6. The van der Waals surface area contributed by atoms with Gasteiger partial charge in [-0.1, -0.05) is 30.3 Å². The molecule has 0 spiro atoms. The third kappa shape index (κ3) is 4.98. The van der Waals surface area contributed by atoms with Gasteiger partial charge in [-0.3, -0.25) is 0 Å². The SMILES string of the molecule is O=S(=O)(/C=C/c1ccccc1)N1CCN(c2ccc(S(=O)(=O)N3CCCC3)cn2)CC1. The zero-order valence-corrected chi connectivity index (χ0v) is 18.8. The van der Waals surface area contributed by atoms with Crippen molar-refractivity contribution in [3.05, 3.63) is 59.6 Å². The molecule has 2 aromatic rings. The lowest BCUT2D eigenvalue weighted by molar-refractivity contribution is 0.389. The van der Waals surface area contributed by atoms with Crippen LogP contribution in [0.3, 0.4) is 0 Å². The van der Waals surface area contributed by atoms with E-state index in [2.05, 4.69) is 4.98 Å². The first-order valence-corrected chi connectivity index (χ1v) is 13.2. The van der Waals surface area contributed by atoms with Crippen molar-refractivity contribution in [1.29, 1.82) is 0 Å². The molecule has 0 radical (unpaired) electrons. The van der Waals surface area contributed by atoms with Crippen LogP contribution in [0.2, 0.25) is 0 Å². The van der Waals surface area contributed by atoms with Gasteiger partial charge in [-0.25, -0.2) is 21.8 Å². The highest BCUT2D eigenvalue weighted by Gasteiger charge is 2.29. The molecule has 1 aromatic carbocycles. The van der Waals surface area contributed by atoms with Crippen molar-refractivity contribution in [2.24, 2.45) is 0 Å². The molecule has 0 bridgehead atoms. The molecular weight excluding hydrogens is 436 g/mol. The Kier molecular flexibility index (Phi) is 6.42. The monoisotopic (exact) mass is 462 g/mol. The number of piperazine rings is 1. The summed E-state index contributed by atoms with van der Waals surface area (Å²) < 4.78 is 53.4. The third-order valence-electron chi connectivity index (χ3n) is 5.58. The molecule has 0 N–H and O–H groups in total. The van der Waals surface area contributed by atoms with Crippen molar-refractivity contribution < 1.29 is 16.8 Å². The van der Waals surface area contributed by atoms with Crippen LogP contribution in [0.5, 0.6) is 0 Å². The van der Waals surface area contributed by atoms with E-state index in [0.717, 1.165) is 18.4 Å². The molecule has 0 aliphatic carbocycles. The van der Waals surface area contributed by atoms with Gasteiger partial charge in [0, 0.05) is 50.9 Å². The molecule has 2 aliphatic heterocycles. The standard InChI is InChI=1S/C21H26N4O4S2/c26-30(27,17-10-19-6-2-1-3-7-19)24-15-13-23(14-16-24)21-9-8-20(18-22-21)31(28,29)25-11-4-5-12-25/h1-3,6-10,17-18H,4-5,11-16H2/b17-10+. The Morgan fingerprint density at radius 2 is 1.45 bits per heavy atom. The van der Waals surface area contributed by atoms with Crippen LogP contribution >= 0.6 is 0 Å². The summed E-state index contributed by atoms with van der Waals surface area (Å²) in [6.45, 7) is 2.78. The molecule has 4 rings (SSSR count). The Morgan fingerprint density at radius 1 is 0.774 bits per heavy atom. The van der Waals surface area contributed by atoms with Gasteiger partial charge in [-0.05, 0) is 36.6 Å². The first-order valence-electron chi connectivity index (χ1n) is 10.3. The van der Waals surface area contributed by atoms with Crippen LogP contribution in [0.4, 0.5) is 5.82 Å².